The van der Waals surface area contributed by atoms with Crippen molar-refractivity contribution in [2.24, 2.45) is 5.92 Å². The molecule has 1 aromatic carbocycles. The molecule has 1 aliphatic heterocycles. The zero-order valence-corrected chi connectivity index (χ0v) is 9.60. The third-order valence-corrected chi connectivity index (χ3v) is 3.02. The first-order valence-electron chi connectivity index (χ1n) is 5.80. The average Bonchev–Trinajstić information content (AvgIpc) is 2.33. The summed E-state index contributed by atoms with van der Waals surface area (Å²) in [7, 11) is 0. The largest absolute Gasteiger partial charge is 0.334 e. The molecule has 16 heavy (non-hydrogen) atoms. The highest BCUT2D eigenvalue weighted by Crippen LogP contribution is 2.16. The van der Waals surface area contributed by atoms with Gasteiger partial charge in [-0.15, -0.1) is 0 Å². The van der Waals surface area contributed by atoms with E-state index in [1.807, 2.05) is 29.2 Å². The molecule has 0 fully saturated rings. The van der Waals surface area contributed by atoms with Crippen LogP contribution in [-0.2, 0) is 11.3 Å². The number of hydrogen-bond donors (Lipinski definition) is 0. The molecule has 1 unspecified atom stereocenters. The standard InChI is InChI=1S/C14H17NO/c1-2-12-8-9-14(16)15(10-12)11-13-6-4-3-5-7-13/h3-9,12H,2,10-11H2,1H3. The number of rotatable bonds is 3. The SMILES string of the molecule is CCC1C=CC(=O)N(Cc2ccccc2)C1. The van der Waals surface area contributed by atoms with Crippen LogP contribution in [0.2, 0.25) is 0 Å². The van der Waals surface area contributed by atoms with Gasteiger partial charge in [-0.3, -0.25) is 4.79 Å². The Morgan fingerprint density at radius 3 is 2.75 bits per heavy atom. The van der Waals surface area contributed by atoms with Crippen LogP contribution in [-0.4, -0.2) is 17.4 Å². The lowest BCUT2D eigenvalue weighted by Gasteiger charge is -2.28. The Labute approximate surface area is 96.6 Å². The summed E-state index contributed by atoms with van der Waals surface area (Å²) in [4.78, 5) is 13.6. The van der Waals surface area contributed by atoms with Crippen molar-refractivity contribution in [1.82, 2.24) is 4.90 Å². The molecule has 1 amide bonds. The van der Waals surface area contributed by atoms with Crippen LogP contribution in [0.15, 0.2) is 42.5 Å². The maximum atomic E-state index is 11.7. The van der Waals surface area contributed by atoms with E-state index in [9.17, 15) is 4.79 Å². The van der Waals surface area contributed by atoms with E-state index in [-0.39, 0.29) is 5.91 Å². The van der Waals surface area contributed by atoms with Crippen LogP contribution in [0.3, 0.4) is 0 Å². The zero-order chi connectivity index (χ0) is 11.4. The lowest BCUT2D eigenvalue weighted by Crippen LogP contribution is -2.36. The monoisotopic (exact) mass is 215 g/mol. The molecule has 0 bridgehead atoms. The van der Waals surface area contributed by atoms with Gasteiger partial charge in [0, 0.05) is 13.1 Å². The van der Waals surface area contributed by atoms with Crippen molar-refractivity contribution in [3.63, 3.8) is 0 Å². The van der Waals surface area contributed by atoms with Crippen molar-refractivity contribution in [3.8, 4) is 0 Å². The second-order valence-corrected chi connectivity index (χ2v) is 4.23. The lowest BCUT2D eigenvalue weighted by atomic mass is 10.0. The topological polar surface area (TPSA) is 20.3 Å². The Kier molecular flexibility index (Phi) is 3.40. The summed E-state index contributed by atoms with van der Waals surface area (Å²) in [5.74, 6) is 0.648. The highest BCUT2D eigenvalue weighted by Gasteiger charge is 2.19. The molecule has 1 aromatic rings. The fourth-order valence-electron chi connectivity index (χ4n) is 1.97. The van der Waals surface area contributed by atoms with Crippen LogP contribution < -0.4 is 0 Å². The van der Waals surface area contributed by atoms with Gasteiger partial charge in [0.1, 0.15) is 0 Å². The smallest absolute Gasteiger partial charge is 0.246 e. The Bertz CT molecular complexity index is 383. The van der Waals surface area contributed by atoms with Crippen molar-refractivity contribution >= 4 is 5.91 Å². The summed E-state index contributed by atoms with van der Waals surface area (Å²) < 4.78 is 0. The van der Waals surface area contributed by atoms with Gasteiger partial charge in [-0.2, -0.15) is 0 Å². The van der Waals surface area contributed by atoms with Crippen LogP contribution in [0, 0.1) is 5.92 Å². The van der Waals surface area contributed by atoms with E-state index in [1.54, 1.807) is 6.08 Å². The minimum absolute atomic E-state index is 0.133. The molecule has 0 saturated carbocycles. The van der Waals surface area contributed by atoms with Crippen LogP contribution in [0.25, 0.3) is 0 Å². The Morgan fingerprint density at radius 1 is 1.31 bits per heavy atom. The molecule has 1 atom stereocenters. The van der Waals surface area contributed by atoms with Gasteiger partial charge in [-0.1, -0.05) is 43.3 Å². The van der Waals surface area contributed by atoms with Gasteiger partial charge in [-0.25, -0.2) is 0 Å². The van der Waals surface area contributed by atoms with Gasteiger partial charge in [-0.05, 0) is 24.0 Å². The molecule has 0 aromatic heterocycles. The van der Waals surface area contributed by atoms with E-state index in [0.717, 1.165) is 19.5 Å². The predicted molar refractivity (Wildman–Crippen MR) is 64.8 cm³/mol. The van der Waals surface area contributed by atoms with E-state index in [0.29, 0.717) is 5.92 Å². The number of benzene rings is 1. The molecule has 0 radical (unpaired) electrons. The summed E-state index contributed by atoms with van der Waals surface area (Å²) in [6.07, 6.45) is 4.83. The minimum atomic E-state index is 0.133. The third kappa shape index (κ3) is 2.51. The number of carbonyl (C=O) groups is 1. The molecule has 1 aliphatic rings. The Morgan fingerprint density at radius 2 is 2.06 bits per heavy atom. The molecule has 0 aliphatic carbocycles. The third-order valence-electron chi connectivity index (χ3n) is 3.02. The van der Waals surface area contributed by atoms with Gasteiger partial charge in [0.05, 0.1) is 0 Å². The predicted octanol–water partition coefficient (Wildman–Crippen LogP) is 2.61. The average molecular weight is 215 g/mol. The fourth-order valence-corrected chi connectivity index (χ4v) is 1.97. The van der Waals surface area contributed by atoms with Gasteiger partial charge in [0.15, 0.2) is 0 Å². The second kappa shape index (κ2) is 4.97. The van der Waals surface area contributed by atoms with E-state index in [1.165, 1.54) is 5.56 Å². The number of hydrogen-bond acceptors (Lipinski definition) is 1. The van der Waals surface area contributed by atoms with Crippen molar-refractivity contribution in [2.75, 3.05) is 6.54 Å². The van der Waals surface area contributed by atoms with Gasteiger partial charge in [0.2, 0.25) is 5.91 Å². The van der Waals surface area contributed by atoms with Crippen LogP contribution in [0.5, 0.6) is 0 Å². The van der Waals surface area contributed by atoms with Crippen molar-refractivity contribution in [2.45, 2.75) is 19.9 Å². The molecular formula is C14H17NO. The Balaban J connectivity index is 2.05. The first-order valence-corrected chi connectivity index (χ1v) is 5.80. The number of carbonyl (C=O) groups excluding carboxylic acids is 1. The summed E-state index contributed by atoms with van der Waals surface area (Å²) >= 11 is 0. The van der Waals surface area contributed by atoms with Gasteiger partial charge >= 0.3 is 0 Å². The highest BCUT2D eigenvalue weighted by atomic mass is 16.2. The van der Waals surface area contributed by atoms with E-state index >= 15 is 0 Å². The maximum absolute atomic E-state index is 11.7. The van der Waals surface area contributed by atoms with Crippen molar-refractivity contribution < 1.29 is 4.79 Å². The first kappa shape index (κ1) is 10.9. The van der Waals surface area contributed by atoms with Crippen LogP contribution in [0.4, 0.5) is 0 Å². The Hall–Kier alpha value is -1.57. The summed E-state index contributed by atoms with van der Waals surface area (Å²) in [5, 5.41) is 0. The van der Waals surface area contributed by atoms with Crippen molar-refractivity contribution in [3.05, 3.63) is 48.0 Å². The normalized spacial score (nSPS) is 20.2. The quantitative estimate of drug-likeness (QED) is 0.759. The molecule has 2 nitrogen and oxygen atoms in total. The van der Waals surface area contributed by atoms with Crippen LogP contribution >= 0.6 is 0 Å². The van der Waals surface area contributed by atoms with E-state index < -0.39 is 0 Å². The van der Waals surface area contributed by atoms with Crippen LogP contribution in [0.1, 0.15) is 18.9 Å². The molecule has 1 heterocycles. The summed E-state index contributed by atoms with van der Waals surface area (Å²) in [6, 6.07) is 10.1. The molecule has 0 N–H and O–H groups in total. The molecule has 2 heteroatoms. The molecular weight excluding hydrogens is 198 g/mol. The molecule has 0 spiro atoms. The molecule has 0 saturated heterocycles. The van der Waals surface area contributed by atoms with Gasteiger partial charge < -0.3 is 4.90 Å². The molecule has 2 rings (SSSR count). The highest BCUT2D eigenvalue weighted by molar-refractivity contribution is 5.88. The molecule has 84 valence electrons. The summed E-state index contributed by atoms with van der Waals surface area (Å²) in [6.45, 7) is 3.73. The second-order valence-electron chi connectivity index (χ2n) is 4.23. The maximum Gasteiger partial charge on any atom is 0.246 e. The van der Waals surface area contributed by atoms with Crippen molar-refractivity contribution in [1.29, 1.82) is 0 Å². The van der Waals surface area contributed by atoms with E-state index in [4.69, 9.17) is 0 Å². The zero-order valence-electron chi connectivity index (χ0n) is 9.60. The lowest BCUT2D eigenvalue weighted by molar-refractivity contribution is -0.127. The minimum Gasteiger partial charge on any atom is -0.334 e. The number of nitrogens with zero attached hydrogens (tertiary/aromatic N) is 1. The number of amides is 1. The summed E-state index contributed by atoms with van der Waals surface area (Å²) in [5.41, 5.74) is 1.20. The fraction of sp³-hybridized carbons (Fsp3) is 0.357. The first-order chi connectivity index (χ1) is 7.79. The van der Waals surface area contributed by atoms with Gasteiger partial charge in [0.25, 0.3) is 0 Å². The van der Waals surface area contributed by atoms with E-state index in [2.05, 4.69) is 19.1 Å².